The highest BCUT2D eigenvalue weighted by Gasteiger charge is 2.39. The number of aliphatic imine (C=N–C) groups is 1. The van der Waals surface area contributed by atoms with Crippen LogP contribution in [0.4, 0.5) is 5.69 Å². The fraction of sp³-hybridized carbons (Fsp3) is 0.261. The van der Waals surface area contributed by atoms with Crippen LogP contribution in [0.25, 0.3) is 10.9 Å². The minimum atomic E-state index is -0.552. The molecule has 1 N–H and O–H groups in total. The first-order chi connectivity index (χ1) is 15.1. The number of para-hydroxylation sites is 3. The largest absolute Gasteiger partial charge is 0.494 e. The second kappa shape index (κ2) is 9.26. The molecule has 8 heteroatoms. The van der Waals surface area contributed by atoms with Gasteiger partial charge in [-0.15, -0.1) is 0 Å². The third-order valence-corrected chi connectivity index (χ3v) is 6.36. The van der Waals surface area contributed by atoms with E-state index in [4.69, 9.17) is 14.5 Å². The van der Waals surface area contributed by atoms with Gasteiger partial charge in [0.1, 0.15) is 16.7 Å². The molecule has 2 heterocycles. The number of carbonyl (C=O) groups excluding carboxylic acids is 2. The number of nitrogens with zero attached hydrogens (tertiary/aromatic N) is 2. The summed E-state index contributed by atoms with van der Waals surface area (Å²) >= 11 is 1.29. The molecule has 0 spiro atoms. The van der Waals surface area contributed by atoms with E-state index in [1.807, 2.05) is 48.7 Å². The molecule has 0 unspecified atom stereocenters. The van der Waals surface area contributed by atoms with Crippen molar-refractivity contribution in [2.24, 2.45) is 4.99 Å². The molecule has 4 rings (SSSR count). The molecule has 160 valence electrons. The third kappa shape index (κ3) is 4.44. The lowest BCUT2D eigenvalue weighted by Gasteiger charge is -2.16. The van der Waals surface area contributed by atoms with Gasteiger partial charge in [-0.1, -0.05) is 42.1 Å². The van der Waals surface area contributed by atoms with Crippen molar-refractivity contribution >= 4 is 45.4 Å². The zero-order chi connectivity index (χ0) is 21.8. The number of ether oxygens (including phenoxy) is 2. The van der Waals surface area contributed by atoms with E-state index in [-0.39, 0.29) is 12.3 Å². The molecule has 1 fully saturated rings. The lowest BCUT2D eigenvalue weighted by molar-refractivity contribution is -0.142. The summed E-state index contributed by atoms with van der Waals surface area (Å²) in [5.41, 5.74) is 2.82. The lowest BCUT2D eigenvalue weighted by Crippen LogP contribution is -2.34. The van der Waals surface area contributed by atoms with E-state index in [0.717, 1.165) is 16.5 Å². The van der Waals surface area contributed by atoms with Crippen LogP contribution < -0.4 is 4.74 Å². The number of carbonyl (C=O) groups is 2. The van der Waals surface area contributed by atoms with E-state index in [0.29, 0.717) is 29.6 Å². The van der Waals surface area contributed by atoms with Crippen LogP contribution in [0.1, 0.15) is 12.0 Å². The van der Waals surface area contributed by atoms with E-state index in [1.165, 1.54) is 18.9 Å². The number of hydrogen-bond donors (Lipinski definition) is 1. The van der Waals surface area contributed by atoms with Gasteiger partial charge in [0.05, 0.1) is 20.6 Å². The second-order valence-corrected chi connectivity index (χ2v) is 8.22. The average molecular weight is 438 g/mol. The number of fused-ring (bicyclic) bond motifs is 1. The Morgan fingerprint density at radius 1 is 1.16 bits per heavy atom. The molecule has 1 aliphatic rings. The highest BCUT2D eigenvalue weighted by molar-refractivity contribution is 8.15. The SMILES string of the molecule is COC(=O)C[C@H]1SC(=Nc2ccccc2OC)N(CCc2c[nH]c3ccccc23)C1=O. The zero-order valence-corrected chi connectivity index (χ0v) is 18.1. The first-order valence-corrected chi connectivity index (χ1v) is 10.8. The number of aromatic amines is 1. The fourth-order valence-electron chi connectivity index (χ4n) is 3.56. The number of hydrogen-bond acceptors (Lipinski definition) is 6. The summed E-state index contributed by atoms with van der Waals surface area (Å²) < 4.78 is 10.2. The summed E-state index contributed by atoms with van der Waals surface area (Å²) in [6, 6.07) is 15.5. The van der Waals surface area contributed by atoms with E-state index in [9.17, 15) is 9.59 Å². The van der Waals surface area contributed by atoms with Gasteiger partial charge < -0.3 is 14.5 Å². The van der Waals surface area contributed by atoms with E-state index in [1.54, 1.807) is 12.0 Å². The summed E-state index contributed by atoms with van der Waals surface area (Å²) in [7, 11) is 2.91. The number of methoxy groups -OCH3 is 2. The zero-order valence-electron chi connectivity index (χ0n) is 17.3. The number of H-pyrrole nitrogens is 1. The third-order valence-electron chi connectivity index (χ3n) is 5.18. The molecule has 0 bridgehead atoms. The Labute approximate surface area is 184 Å². The van der Waals surface area contributed by atoms with Crippen LogP contribution in [0.2, 0.25) is 0 Å². The summed E-state index contributed by atoms with van der Waals surface area (Å²) in [4.78, 5) is 34.6. The number of nitrogens with one attached hydrogen (secondary N) is 1. The van der Waals surface area contributed by atoms with E-state index >= 15 is 0 Å². The number of amides is 1. The highest BCUT2D eigenvalue weighted by Crippen LogP contribution is 2.35. The Balaban J connectivity index is 1.61. The van der Waals surface area contributed by atoms with Crippen LogP contribution in [-0.2, 0) is 20.7 Å². The van der Waals surface area contributed by atoms with Crippen LogP contribution in [0.3, 0.4) is 0 Å². The molecule has 3 aromatic rings. The number of amidine groups is 1. The number of benzene rings is 2. The Morgan fingerprint density at radius 2 is 1.94 bits per heavy atom. The Bertz CT molecular complexity index is 1140. The topological polar surface area (TPSA) is 84.0 Å². The van der Waals surface area contributed by atoms with Crippen LogP contribution in [0, 0.1) is 0 Å². The van der Waals surface area contributed by atoms with Gasteiger partial charge in [-0.05, 0) is 30.2 Å². The number of rotatable bonds is 7. The summed E-state index contributed by atoms with van der Waals surface area (Å²) in [6.07, 6.45) is 2.64. The number of thioether (sulfide) groups is 1. The molecule has 1 saturated heterocycles. The first kappa shape index (κ1) is 21.0. The molecule has 31 heavy (non-hydrogen) atoms. The van der Waals surface area contributed by atoms with Crippen molar-refractivity contribution < 1.29 is 19.1 Å². The summed E-state index contributed by atoms with van der Waals surface area (Å²) in [6.45, 7) is 0.458. The molecule has 2 aromatic carbocycles. The normalized spacial score (nSPS) is 17.5. The van der Waals surface area contributed by atoms with E-state index < -0.39 is 11.2 Å². The fourth-order valence-corrected chi connectivity index (χ4v) is 4.72. The van der Waals surface area contributed by atoms with Crippen LogP contribution in [0.15, 0.2) is 59.7 Å². The van der Waals surface area contributed by atoms with Crippen molar-refractivity contribution in [3.05, 3.63) is 60.3 Å². The van der Waals surface area contributed by atoms with Crippen molar-refractivity contribution in [1.82, 2.24) is 9.88 Å². The molecule has 0 saturated carbocycles. The monoisotopic (exact) mass is 437 g/mol. The van der Waals surface area contributed by atoms with Crippen LogP contribution in [-0.4, -0.2) is 52.9 Å². The molecule has 0 aliphatic carbocycles. The Morgan fingerprint density at radius 3 is 2.74 bits per heavy atom. The molecule has 1 atom stereocenters. The Kier molecular flexibility index (Phi) is 6.27. The minimum Gasteiger partial charge on any atom is -0.494 e. The van der Waals surface area contributed by atoms with Crippen LogP contribution >= 0.6 is 11.8 Å². The van der Waals surface area contributed by atoms with Gasteiger partial charge in [0, 0.05) is 23.6 Å². The number of esters is 1. The molecule has 7 nitrogen and oxygen atoms in total. The van der Waals surface area contributed by atoms with Gasteiger partial charge >= 0.3 is 5.97 Å². The Hall–Kier alpha value is -3.26. The van der Waals surface area contributed by atoms with Crippen molar-refractivity contribution in [3.8, 4) is 5.75 Å². The molecular formula is C23H23N3O4S. The maximum atomic E-state index is 13.1. The van der Waals surface area contributed by atoms with Crippen molar-refractivity contribution in [2.75, 3.05) is 20.8 Å². The second-order valence-electron chi connectivity index (χ2n) is 7.05. The van der Waals surface area contributed by atoms with E-state index in [2.05, 4.69) is 11.1 Å². The maximum absolute atomic E-state index is 13.1. The van der Waals surface area contributed by atoms with Crippen molar-refractivity contribution in [1.29, 1.82) is 0 Å². The molecule has 1 aliphatic heterocycles. The standard InChI is InChI=1S/C23H23N3O4S/c1-29-19-10-6-5-9-18(19)25-23-26(22(28)20(31-23)13-21(27)30-2)12-11-15-14-24-17-8-4-3-7-16(15)17/h3-10,14,20,24H,11-13H2,1-2H3/t20-/m1/s1. The predicted octanol–water partition coefficient (Wildman–Crippen LogP) is 3.91. The molecule has 1 amide bonds. The summed E-state index contributed by atoms with van der Waals surface area (Å²) in [5, 5.41) is 1.14. The van der Waals surface area contributed by atoms with Gasteiger partial charge in [0.25, 0.3) is 0 Å². The van der Waals surface area contributed by atoms with Gasteiger partial charge in [-0.25, -0.2) is 4.99 Å². The van der Waals surface area contributed by atoms with Gasteiger partial charge in [0.15, 0.2) is 5.17 Å². The number of aromatic nitrogens is 1. The smallest absolute Gasteiger partial charge is 0.307 e. The minimum absolute atomic E-state index is 0.00846. The van der Waals surface area contributed by atoms with Gasteiger partial charge in [-0.3, -0.25) is 14.5 Å². The quantitative estimate of drug-likeness (QED) is 0.567. The maximum Gasteiger partial charge on any atom is 0.307 e. The predicted molar refractivity (Wildman–Crippen MR) is 122 cm³/mol. The average Bonchev–Trinajstić information content (AvgIpc) is 3.33. The van der Waals surface area contributed by atoms with Crippen molar-refractivity contribution in [3.63, 3.8) is 0 Å². The van der Waals surface area contributed by atoms with Gasteiger partial charge in [0.2, 0.25) is 5.91 Å². The molecular weight excluding hydrogens is 414 g/mol. The first-order valence-electron chi connectivity index (χ1n) is 9.92. The lowest BCUT2D eigenvalue weighted by atomic mass is 10.1. The molecule has 0 radical (unpaired) electrons. The van der Waals surface area contributed by atoms with Crippen molar-refractivity contribution in [2.45, 2.75) is 18.1 Å². The van der Waals surface area contributed by atoms with Gasteiger partial charge in [-0.2, -0.15) is 0 Å². The highest BCUT2D eigenvalue weighted by atomic mass is 32.2. The summed E-state index contributed by atoms with van der Waals surface area (Å²) in [5.74, 6) is 0.0703. The molecule has 1 aromatic heterocycles. The van der Waals surface area contributed by atoms with Crippen LogP contribution in [0.5, 0.6) is 5.75 Å².